The number of hydrogen-bond donors (Lipinski definition) is 2. The molecule has 0 unspecified atom stereocenters. The maximum atomic E-state index is 12.2. The van der Waals surface area contributed by atoms with Crippen molar-refractivity contribution in [1.29, 1.82) is 0 Å². The van der Waals surface area contributed by atoms with Crippen LogP contribution in [0.1, 0.15) is 42.9 Å². The smallest absolute Gasteiger partial charge is 0.223 e. The molecule has 1 amide bonds. The molecule has 1 aromatic carbocycles. The first-order chi connectivity index (χ1) is 9.63. The fraction of sp³-hybridized carbons (Fsp3) is 0.562. The molecule has 0 heterocycles. The Hall–Kier alpha value is -1.39. The molecule has 1 saturated carbocycles. The third-order valence-corrected chi connectivity index (χ3v) is 4.70. The number of aliphatic hydroxyl groups is 1. The van der Waals surface area contributed by atoms with E-state index < -0.39 is 6.10 Å². The van der Waals surface area contributed by atoms with Gasteiger partial charge in [-0.3, -0.25) is 4.79 Å². The number of carbonyl (C=O) groups is 1. The van der Waals surface area contributed by atoms with Crippen molar-refractivity contribution >= 4 is 5.91 Å². The van der Waals surface area contributed by atoms with Crippen LogP contribution >= 0.6 is 0 Å². The van der Waals surface area contributed by atoms with Crippen LogP contribution in [0.4, 0.5) is 0 Å². The van der Waals surface area contributed by atoms with E-state index in [1.807, 2.05) is 24.3 Å². The lowest BCUT2D eigenvalue weighted by molar-refractivity contribution is -0.135. The molecule has 4 nitrogen and oxygen atoms in total. The normalized spacial score (nSPS) is 26.7. The number of amides is 1. The molecule has 0 radical (unpaired) electrons. The Morgan fingerprint density at radius 2 is 2.20 bits per heavy atom. The van der Waals surface area contributed by atoms with Gasteiger partial charge in [-0.05, 0) is 30.4 Å². The number of aliphatic hydroxyl groups excluding tert-OH is 1. The van der Waals surface area contributed by atoms with Crippen LogP contribution in [0.25, 0.3) is 0 Å². The minimum Gasteiger partial charge on any atom is -0.390 e. The summed E-state index contributed by atoms with van der Waals surface area (Å²) in [7, 11) is 1.67. The lowest BCUT2D eigenvalue weighted by Gasteiger charge is -2.40. The summed E-state index contributed by atoms with van der Waals surface area (Å²) < 4.78 is 5.48. The first-order valence-electron chi connectivity index (χ1n) is 7.24. The van der Waals surface area contributed by atoms with Gasteiger partial charge in [-0.2, -0.15) is 0 Å². The van der Waals surface area contributed by atoms with Gasteiger partial charge in [0.15, 0.2) is 0 Å². The third kappa shape index (κ3) is 2.34. The average Bonchev–Trinajstić information content (AvgIpc) is 2.71. The van der Waals surface area contributed by atoms with E-state index in [1.165, 1.54) is 0 Å². The predicted octanol–water partition coefficient (Wildman–Crippen LogP) is 1.72. The quantitative estimate of drug-likeness (QED) is 0.879. The summed E-state index contributed by atoms with van der Waals surface area (Å²) in [5.74, 6) is -0.0349. The molecule has 3 rings (SSSR count). The maximum absolute atomic E-state index is 12.2. The number of carbonyl (C=O) groups excluding carboxylic acids is 1. The SMILES string of the molecule is COC1(CC(=O)N[C@H]2c3ccccc3C[C@H]2O)CCC1. The number of fused-ring (bicyclic) bond motifs is 1. The highest BCUT2D eigenvalue weighted by Gasteiger charge is 2.40. The molecule has 1 fully saturated rings. The fourth-order valence-corrected chi connectivity index (χ4v) is 3.29. The molecule has 0 aliphatic heterocycles. The van der Waals surface area contributed by atoms with Gasteiger partial charge in [0.05, 0.1) is 24.2 Å². The third-order valence-electron chi connectivity index (χ3n) is 4.70. The summed E-state index contributed by atoms with van der Waals surface area (Å²) in [4.78, 5) is 12.2. The molecule has 1 aromatic rings. The summed E-state index contributed by atoms with van der Waals surface area (Å²) in [6, 6.07) is 7.61. The Balaban J connectivity index is 1.67. The van der Waals surface area contributed by atoms with E-state index in [-0.39, 0.29) is 17.6 Å². The van der Waals surface area contributed by atoms with Crippen molar-refractivity contribution in [2.45, 2.75) is 49.9 Å². The van der Waals surface area contributed by atoms with Crippen LogP contribution in [-0.2, 0) is 16.0 Å². The highest BCUT2D eigenvalue weighted by molar-refractivity contribution is 5.78. The Labute approximate surface area is 119 Å². The van der Waals surface area contributed by atoms with E-state index in [2.05, 4.69) is 5.32 Å². The number of benzene rings is 1. The minimum atomic E-state index is -0.531. The van der Waals surface area contributed by atoms with E-state index in [0.717, 1.165) is 30.4 Å². The molecule has 4 heteroatoms. The first-order valence-corrected chi connectivity index (χ1v) is 7.24. The van der Waals surface area contributed by atoms with Crippen molar-refractivity contribution in [3.8, 4) is 0 Å². The van der Waals surface area contributed by atoms with Crippen LogP contribution in [0.15, 0.2) is 24.3 Å². The zero-order valence-corrected chi connectivity index (χ0v) is 11.8. The molecular weight excluding hydrogens is 254 g/mol. The molecule has 2 aliphatic carbocycles. The minimum absolute atomic E-state index is 0.0349. The van der Waals surface area contributed by atoms with Gasteiger partial charge in [-0.1, -0.05) is 24.3 Å². The zero-order chi connectivity index (χ0) is 14.2. The molecule has 108 valence electrons. The molecule has 2 atom stereocenters. The van der Waals surface area contributed by atoms with Gasteiger partial charge in [-0.25, -0.2) is 0 Å². The van der Waals surface area contributed by atoms with Crippen LogP contribution < -0.4 is 5.32 Å². The van der Waals surface area contributed by atoms with Crippen molar-refractivity contribution in [3.05, 3.63) is 35.4 Å². The molecule has 0 bridgehead atoms. The molecule has 2 N–H and O–H groups in total. The molecular formula is C16H21NO3. The van der Waals surface area contributed by atoms with Crippen LogP contribution in [0.5, 0.6) is 0 Å². The zero-order valence-electron chi connectivity index (χ0n) is 11.8. The Bertz CT molecular complexity index is 505. The van der Waals surface area contributed by atoms with Gasteiger partial charge in [0, 0.05) is 13.5 Å². The second-order valence-electron chi connectivity index (χ2n) is 5.93. The van der Waals surface area contributed by atoms with E-state index in [1.54, 1.807) is 7.11 Å². The summed E-state index contributed by atoms with van der Waals surface area (Å²) >= 11 is 0. The Kier molecular flexibility index (Phi) is 3.52. The summed E-state index contributed by atoms with van der Waals surface area (Å²) in [6.45, 7) is 0. The number of hydrogen-bond acceptors (Lipinski definition) is 3. The van der Waals surface area contributed by atoms with Crippen molar-refractivity contribution in [2.24, 2.45) is 0 Å². The summed E-state index contributed by atoms with van der Waals surface area (Å²) in [5.41, 5.74) is 1.89. The van der Waals surface area contributed by atoms with E-state index in [4.69, 9.17) is 4.74 Å². The number of rotatable bonds is 4. The van der Waals surface area contributed by atoms with Crippen molar-refractivity contribution in [1.82, 2.24) is 5.32 Å². The molecule has 0 spiro atoms. The highest BCUT2D eigenvalue weighted by atomic mass is 16.5. The van der Waals surface area contributed by atoms with E-state index in [0.29, 0.717) is 12.8 Å². The topological polar surface area (TPSA) is 58.6 Å². The lowest BCUT2D eigenvalue weighted by atomic mass is 9.77. The highest BCUT2D eigenvalue weighted by Crippen LogP contribution is 2.38. The largest absolute Gasteiger partial charge is 0.390 e. The van der Waals surface area contributed by atoms with Crippen molar-refractivity contribution in [2.75, 3.05) is 7.11 Å². The average molecular weight is 275 g/mol. The van der Waals surface area contributed by atoms with Gasteiger partial charge < -0.3 is 15.2 Å². The predicted molar refractivity (Wildman–Crippen MR) is 75.2 cm³/mol. The standard InChI is InChI=1S/C16H21NO3/c1-20-16(7-4-8-16)10-14(19)17-15-12-6-3-2-5-11(12)9-13(15)18/h2-3,5-6,13,15,18H,4,7-10H2,1H3,(H,17,19)/t13-,15+/m1/s1. The molecule has 2 aliphatic rings. The number of methoxy groups -OCH3 is 1. The molecule has 0 aromatic heterocycles. The monoisotopic (exact) mass is 275 g/mol. The van der Waals surface area contributed by atoms with Gasteiger partial charge in [0.25, 0.3) is 0 Å². The molecule has 0 saturated heterocycles. The van der Waals surface area contributed by atoms with Gasteiger partial charge >= 0.3 is 0 Å². The second-order valence-corrected chi connectivity index (χ2v) is 5.93. The van der Waals surface area contributed by atoms with Gasteiger partial charge in [0.1, 0.15) is 0 Å². The maximum Gasteiger partial charge on any atom is 0.223 e. The van der Waals surface area contributed by atoms with Crippen LogP contribution in [0.2, 0.25) is 0 Å². The number of nitrogens with one attached hydrogen (secondary N) is 1. The van der Waals surface area contributed by atoms with Crippen LogP contribution in [-0.4, -0.2) is 29.8 Å². The summed E-state index contributed by atoms with van der Waals surface area (Å²) in [6.07, 6.45) is 3.47. The Morgan fingerprint density at radius 3 is 2.85 bits per heavy atom. The van der Waals surface area contributed by atoms with Crippen LogP contribution in [0.3, 0.4) is 0 Å². The van der Waals surface area contributed by atoms with Crippen molar-refractivity contribution in [3.63, 3.8) is 0 Å². The first kappa shape index (κ1) is 13.6. The van der Waals surface area contributed by atoms with Crippen molar-refractivity contribution < 1.29 is 14.6 Å². The van der Waals surface area contributed by atoms with Crippen LogP contribution in [0, 0.1) is 0 Å². The van der Waals surface area contributed by atoms with Gasteiger partial charge in [0.2, 0.25) is 5.91 Å². The molecule has 20 heavy (non-hydrogen) atoms. The fourth-order valence-electron chi connectivity index (χ4n) is 3.29. The Morgan fingerprint density at radius 1 is 1.45 bits per heavy atom. The summed E-state index contributed by atoms with van der Waals surface area (Å²) in [5, 5.41) is 13.1. The number of ether oxygens (including phenoxy) is 1. The van der Waals surface area contributed by atoms with E-state index >= 15 is 0 Å². The second kappa shape index (κ2) is 5.19. The van der Waals surface area contributed by atoms with Gasteiger partial charge in [-0.15, -0.1) is 0 Å². The lowest BCUT2D eigenvalue weighted by Crippen LogP contribution is -2.45. The van der Waals surface area contributed by atoms with E-state index in [9.17, 15) is 9.90 Å².